The second-order valence-electron chi connectivity index (χ2n) is 5.60. The summed E-state index contributed by atoms with van der Waals surface area (Å²) in [5.41, 5.74) is 8.21. The van der Waals surface area contributed by atoms with Gasteiger partial charge in [-0.25, -0.2) is 0 Å². The topological polar surface area (TPSA) is 198 Å². The molecule has 0 aliphatic heterocycles. The average Bonchev–Trinajstić information content (AvgIpc) is 2.80. The van der Waals surface area contributed by atoms with Gasteiger partial charge in [-0.05, 0) is 18.2 Å². The van der Waals surface area contributed by atoms with E-state index in [4.69, 9.17) is 16.0 Å². The molecule has 0 aliphatic rings. The molecule has 0 bridgehead atoms. The Balaban J connectivity index is 0.000000749. The van der Waals surface area contributed by atoms with Crippen LogP contribution in [0, 0.1) is 0 Å². The normalized spacial score (nSPS) is 12.3. The molecule has 2 rings (SSSR count). The van der Waals surface area contributed by atoms with E-state index in [1.807, 2.05) is 0 Å². The molecule has 162 valence electrons. The molecule has 0 radical (unpaired) electrons. The third-order valence-electron chi connectivity index (χ3n) is 3.24. The van der Waals surface area contributed by atoms with Gasteiger partial charge < -0.3 is 25.8 Å². The molecule has 1 aromatic heterocycles. The molecular weight excluding hydrogens is 444 g/mol. The first kappa shape index (κ1) is 24.6. The lowest BCUT2D eigenvalue weighted by molar-refractivity contribution is -0.136. The lowest BCUT2D eigenvalue weighted by Gasteiger charge is -2.13. The number of alkyl halides is 3. The van der Waals surface area contributed by atoms with Crippen LogP contribution in [0.3, 0.4) is 0 Å². The summed E-state index contributed by atoms with van der Waals surface area (Å²) >= 11 is 0. The highest BCUT2D eigenvalue weighted by atomic mass is 32.2. The van der Waals surface area contributed by atoms with Gasteiger partial charge >= 0.3 is 13.8 Å². The van der Waals surface area contributed by atoms with Crippen molar-refractivity contribution in [1.29, 1.82) is 0 Å². The SMILES string of the molecule is CS(=O)(=O)O.Cn1c(C(=O)N=C(N)N)cc2c(C(F)(F)F)ccc(P(=O)(O)O)c21. The van der Waals surface area contributed by atoms with Gasteiger partial charge in [0, 0.05) is 12.4 Å². The van der Waals surface area contributed by atoms with E-state index in [-0.39, 0.29) is 5.69 Å². The summed E-state index contributed by atoms with van der Waals surface area (Å²) < 4.78 is 77.8. The van der Waals surface area contributed by atoms with E-state index in [1.165, 1.54) is 7.05 Å². The maximum atomic E-state index is 13.1. The third kappa shape index (κ3) is 6.54. The van der Waals surface area contributed by atoms with Crippen LogP contribution in [0.15, 0.2) is 23.2 Å². The standard InChI is InChI=1S/C12H12F3N4O4P.CH4O3S/c1-19-7(10(20)18-11(16)17)4-5-6(12(13,14)15)2-3-8(9(5)19)24(21,22)23;1-5(2,3)4/h2-4H,1H3,(H2,21,22,23)(H4,16,17,18,20);1H3,(H,2,3,4). The Hall–Kier alpha value is -2.45. The molecule has 0 saturated heterocycles. The Bertz CT molecular complexity index is 1120. The lowest BCUT2D eigenvalue weighted by atomic mass is 10.1. The van der Waals surface area contributed by atoms with Gasteiger partial charge in [0.05, 0.1) is 22.6 Å². The fourth-order valence-corrected chi connectivity index (χ4v) is 3.13. The van der Waals surface area contributed by atoms with Gasteiger partial charge in [-0.2, -0.15) is 26.6 Å². The molecular formula is C13H16F3N4O7PS. The van der Waals surface area contributed by atoms with Crippen molar-refractivity contribution in [3.63, 3.8) is 0 Å². The number of hydrogen-bond acceptors (Lipinski definition) is 4. The van der Waals surface area contributed by atoms with Crippen molar-refractivity contribution in [3.8, 4) is 0 Å². The molecule has 0 fully saturated rings. The predicted octanol–water partition coefficient (Wildman–Crippen LogP) is -0.0823. The molecule has 1 aromatic carbocycles. The number of benzene rings is 1. The summed E-state index contributed by atoms with van der Waals surface area (Å²) in [7, 11) is -7.38. The molecule has 0 saturated carbocycles. The van der Waals surface area contributed by atoms with Crippen molar-refractivity contribution >= 4 is 45.8 Å². The van der Waals surface area contributed by atoms with Gasteiger partial charge in [0.25, 0.3) is 16.0 Å². The van der Waals surface area contributed by atoms with Crippen molar-refractivity contribution in [2.45, 2.75) is 6.18 Å². The van der Waals surface area contributed by atoms with E-state index >= 15 is 0 Å². The maximum absolute atomic E-state index is 13.1. The van der Waals surface area contributed by atoms with Crippen LogP contribution in [0.5, 0.6) is 0 Å². The highest BCUT2D eigenvalue weighted by molar-refractivity contribution is 7.85. The molecule has 29 heavy (non-hydrogen) atoms. The Kier molecular flexibility index (Phi) is 6.88. The van der Waals surface area contributed by atoms with Crippen LogP contribution in [0.2, 0.25) is 0 Å². The summed E-state index contributed by atoms with van der Waals surface area (Å²) in [5.74, 6) is -1.64. The number of nitrogens with zero attached hydrogens (tertiary/aromatic N) is 2. The first-order valence-corrected chi connectivity index (χ1v) is 10.6. The number of aliphatic imine (C=N–C) groups is 1. The highest BCUT2D eigenvalue weighted by Gasteiger charge is 2.36. The molecule has 11 nitrogen and oxygen atoms in total. The maximum Gasteiger partial charge on any atom is 0.417 e. The summed E-state index contributed by atoms with van der Waals surface area (Å²) in [6, 6.07) is 2.07. The van der Waals surface area contributed by atoms with Crippen LogP contribution >= 0.6 is 7.60 Å². The average molecular weight is 460 g/mol. The Morgan fingerprint density at radius 1 is 1.24 bits per heavy atom. The van der Waals surface area contributed by atoms with E-state index in [9.17, 15) is 40.7 Å². The minimum absolute atomic E-state index is 0.357. The fraction of sp³-hybridized carbons (Fsp3) is 0.231. The minimum Gasteiger partial charge on any atom is -0.370 e. The Morgan fingerprint density at radius 3 is 2.10 bits per heavy atom. The first-order valence-electron chi connectivity index (χ1n) is 7.16. The van der Waals surface area contributed by atoms with E-state index in [1.54, 1.807) is 0 Å². The van der Waals surface area contributed by atoms with Gasteiger partial charge in [-0.1, -0.05) is 0 Å². The highest BCUT2D eigenvalue weighted by Crippen LogP contribution is 2.41. The van der Waals surface area contributed by atoms with E-state index in [0.717, 1.165) is 10.6 Å². The number of halogens is 3. The monoisotopic (exact) mass is 460 g/mol. The molecule has 7 N–H and O–H groups in total. The van der Waals surface area contributed by atoms with Crippen molar-refractivity contribution in [3.05, 3.63) is 29.5 Å². The summed E-state index contributed by atoms with van der Waals surface area (Å²) in [4.78, 5) is 33.9. The number of aromatic nitrogens is 1. The molecule has 16 heteroatoms. The third-order valence-corrected chi connectivity index (χ3v) is 4.23. The lowest BCUT2D eigenvalue weighted by Crippen LogP contribution is -2.24. The van der Waals surface area contributed by atoms with Crippen LogP contribution < -0.4 is 16.8 Å². The number of carbonyl (C=O) groups is 1. The zero-order chi connectivity index (χ0) is 22.9. The fourth-order valence-electron chi connectivity index (χ4n) is 2.31. The van der Waals surface area contributed by atoms with Crippen LogP contribution in [0.1, 0.15) is 16.1 Å². The summed E-state index contributed by atoms with van der Waals surface area (Å²) in [6.07, 6.45) is -4.07. The largest absolute Gasteiger partial charge is 0.417 e. The number of aryl methyl sites for hydroxylation is 1. The van der Waals surface area contributed by atoms with Gasteiger partial charge in [0.15, 0.2) is 5.96 Å². The van der Waals surface area contributed by atoms with E-state index in [0.29, 0.717) is 18.4 Å². The number of amides is 1. The second kappa shape index (κ2) is 8.12. The van der Waals surface area contributed by atoms with Crippen LogP contribution in [0.4, 0.5) is 13.2 Å². The van der Waals surface area contributed by atoms with Gasteiger partial charge in [-0.15, -0.1) is 0 Å². The van der Waals surface area contributed by atoms with Crippen molar-refractivity contribution in [2.75, 3.05) is 6.26 Å². The van der Waals surface area contributed by atoms with Crippen molar-refractivity contribution in [2.24, 2.45) is 23.5 Å². The summed E-state index contributed by atoms with van der Waals surface area (Å²) in [6.45, 7) is 0. The molecule has 0 spiro atoms. The smallest absolute Gasteiger partial charge is 0.370 e. The molecule has 1 amide bonds. The van der Waals surface area contributed by atoms with Crippen LogP contribution in [-0.2, 0) is 27.9 Å². The first-order chi connectivity index (χ1) is 12.8. The predicted molar refractivity (Wildman–Crippen MR) is 97.2 cm³/mol. The summed E-state index contributed by atoms with van der Waals surface area (Å²) in [5, 5.41) is -1.18. The van der Waals surface area contributed by atoms with Crippen molar-refractivity contribution in [1.82, 2.24) is 4.57 Å². The number of nitrogens with two attached hydrogens (primary N) is 2. The Morgan fingerprint density at radius 2 is 1.72 bits per heavy atom. The quantitative estimate of drug-likeness (QED) is 0.176. The number of rotatable bonds is 2. The van der Waals surface area contributed by atoms with Crippen molar-refractivity contribution < 1.29 is 45.3 Å². The number of fused-ring (bicyclic) bond motifs is 1. The van der Waals surface area contributed by atoms with E-state index in [2.05, 4.69) is 4.99 Å². The Labute approximate surface area is 161 Å². The molecule has 0 aliphatic carbocycles. The van der Waals surface area contributed by atoms with Crippen LogP contribution in [-0.4, -0.2) is 45.4 Å². The number of hydrogen-bond donors (Lipinski definition) is 5. The van der Waals surface area contributed by atoms with Gasteiger partial charge in [-0.3, -0.25) is 13.9 Å². The minimum atomic E-state index is -4.89. The van der Waals surface area contributed by atoms with E-state index < -0.39 is 57.5 Å². The molecule has 0 atom stereocenters. The van der Waals surface area contributed by atoms with Gasteiger partial charge in [0.2, 0.25) is 0 Å². The second-order valence-corrected chi connectivity index (χ2v) is 8.64. The zero-order valence-corrected chi connectivity index (χ0v) is 16.5. The molecule has 2 aromatic rings. The number of guanidine groups is 1. The van der Waals surface area contributed by atoms with Crippen LogP contribution in [0.25, 0.3) is 10.9 Å². The number of carbonyl (C=O) groups excluding carboxylic acids is 1. The molecule has 0 unspecified atom stereocenters. The zero-order valence-electron chi connectivity index (χ0n) is 14.7. The van der Waals surface area contributed by atoms with Gasteiger partial charge in [0.1, 0.15) is 5.69 Å². The molecule has 1 heterocycles.